The van der Waals surface area contributed by atoms with Crippen LogP contribution in [0.3, 0.4) is 0 Å². The minimum absolute atomic E-state index is 0.171. The van der Waals surface area contributed by atoms with Crippen molar-refractivity contribution < 1.29 is 53.5 Å². The molecule has 5 atom stereocenters. The summed E-state index contributed by atoms with van der Waals surface area (Å²) in [6.07, 6.45) is 2.72. The van der Waals surface area contributed by atoms with E-state index in [9.17, 15) is 43.5 Å². The standard InChI is InChI=1S/C38H53BN8O11/c1-4-5-7-24-9-11-25(12-10-24)26-13-15-27(16-14-26)35(53)46-29(20-48)37(55)43-22(2)33(51)41-19-32(50)47-17-6-8-30(47)38(56)44-23(3)34(52)45-28(18-31(40)49)36(54)42-21-39(57)58/h9-16,22-23,28-30,48,57-58H,4-8,17-21H2,1-3H3,(H2,40,49)(H,41,51)(H,42,54)(H,43,55)(H,44,56)(H,45,52)(H,46,53)/t22-,23+,28+,29-,30+/m1/s1. The Labute approximate surface area is 336 Å². The Morgan fingerprint density at radius 3 is 2.00 bits per heavy atom. The van der Waals surface area contributed by atoms with Crippen molar-refractivity contribution in [2.45, 2.75) is 89.5 Å². The lowest BCUT2D eigenvalue weighted by Crippen LogP contribution is -2.57. The third-order valence-corrected chi connectivity index (χ3v) is 9.35. The number of nitrogens with two attached hydrogens (primary N) is 1. The van der Waals surface area contributed by atoms with E-state index in [-0.39, 0.29) is 18.5 Å². The first-order valence-corrected chi connectivity index (χ1v) is 19.1. The molecule has 314 valence electrons. The van der Waals surface area contributed by atoms with Crippen molar-refractivity contribution in [2.24, 2.45) is 5.73 Å². The number of carbonyl (C=O) groups is 8. The first kappa shape index (κ1) is 46.5. The number of nitrogens with one attached hydrogen (secondary N) is 6. The Morgan fingerprint density at radius 1 is 0.793 bits per heavy atom. The first-order chi connectivity index (χ1) is 27.5. The monoisotopic (exact) mass is 808 g/mol. The summed E-state index contributed by atoms with van der Waals surface area (Å²) in [5, 5.41) is 41.9. The minimum Gasteiger partial charge on any atom is -0.426 e. The van der Waals surface area contributed by atoms with Crippen LogP contribution < -0.4 is 37.6 Å². The molecule has 1 fully saturated rings. The summed E-state index contributed by atoms with van der Waals surface area (Å²) >= 11 is 0. The summed E-state index contributed by atoms with van der Waals surface area (Å²) < 4.78 is 0. The van der Waals surface area contributed by atoms with Gasteiger partial charge in [-0.15, -0.1) is 0 Å². The highest BCUT2D eigenvalue weighted by Gasteiger charge is 2.36. The maximum absolute atomic E-state index is 13.1. The van der Waals surface area contributed by atoms with Gasteiger partial charge in [-0.05, 0) is 68.4 Å². The summed E-state index contributed by atoms with van der Waals surface area (Å²) in [7, 11) is -1.88. The van der Waals surface area contributed by atoms with E-state index in [4.69, 9.17) is 15.8 Å². The van der Waals surface area contributed by atoms with Gasteiger partial charge in [0.15, 0.2) is 0 Å². The normalized spacial score (nSPS) is 15.5. The van der Waals surface area contributed by atoms with Crippen LogP contribution in [0.25, 0.3) is 11.1 Å². The molecule has 1 aliphatic rings. The molecule has 0 bridgehead atoms. The highest BCUT2D eigenvalue weighted by molar-refractivity contribution is 6.41. The summed E-state index contributed by atoms with van der Waals surface area (Å²) in [6.45, 7) is 3.66. The molecular weight excluding hydrogens is 755 g/mol. The van der Waals surface area contributed by atoms with Gasteiger partial charge < -0.3 is 57.7 Å². The van der Waals surface area contributed by atoms with Crippen molar-refractivity contribution in [1.82, 2.24) is 36.8 Å². The zero-order chi connectivity index (χ0) is 42.9. The average Bonchev–Trinajstić information content (AvgIpc) is 3.70. The van der Waals surface area contributed by atoms with Gasteiger partial charge in [0, 0.05) is 12.1 Å². The van der Waals surface area contributed by atoms with E-state index < -0.39 is 111 Å². The van der Waals surface area contributed by atoms with Crippen LogP contribution in [0.4, 0.5) is 0 Å². The number of likely N-dealkylation sites (tertiary alicyclic amines) is 1. The van der Waals surface area contributed by atoms with E-state index in [0.717, 1.165) is 30.4 Å². The number of rotatable bonds is 21. The second-order valence-corrected chi connectivity index (χ2v) is 14.0. The first-order valence-electron chi connectivity index (χ1n) is 19.1. The number of aliphatic hydroxyl groups excluding tert-OH is 1. The maximum Gasteiger partial charge on any atom is 0.472 e. The quantitative estimate of drug-likeness (QED) is 0.0583. The van der Waals surface area contributed by atoms with E-state index in [1.54, 1.807) is 24.3 Å². The molecule has 0 saturated carbocycles. The predicted molar refractivity (Wildman–Crippen MR) is 211 cm³/mol. The number of aryl methyl sites for hydroxylation is 1. The molecule has 2 aromatic rings. The van der Waals surface area contributed by atoms with Crippen LogP contribution in [-0.4, -0.2) is 131 Å². The summed E-state index contributed by atoms with van der Waals surface area (Å²) in [5.41, 5.74) is 8.54. The number of aliphatic hydroxyl groups is 1. The van der Waals surface area contributed by atoms with Crippen molar-refractivity contribution in [1.29, 1.82) is 0 Å². The van der Waals surface area contributed by atoms with Crippen molar-refractivity contribution in [3.8, 4) is 11.1 Å². The van der Waals surface area contributed by atoms with Gasteiger partial charge in [0.2, 0.25) is 41.4 Å². The Kier molecular flexibility index (Phi) is 18.3. The number of unbranched alkanes of at least 4 members (excludes halogenated alkanes) is 1. The summed E-state index contributed by atoms with van der Waals surface area (Å²) in [5.74, 6) is -6.25. The molecule has 1 saturated heterocycles. The molecule has 20 heteroatoms. The van der Waals surface area contributed by atoms with E-state index >= 15 is 0 Å². The molecule has 8 amide bonds. The lowest BCUT2D eigenvalue weighted by molar-refractivity contribution is -0.140. The van der Waals surface area contributed by atoms with Crippen LogP contribution in [0.5, 0.6) is 0 Å². The lowest BCUT2D eigenvalue weighted by Gasteiger charge is -2.26. The summed E-state index contributed by atoms with van der Waals surface area (Å²) in [4.78, 5) is 103. The smallest absolute Gasteiger partial charge is 0.426 e. The number of benzene rings is 2. The molecule has 0 aromatic heterocycles. The Balaban J connectivity index is 1.48. The molecular formula is C38H53BN8O11. The van der Waals surface area contributed by atoms with Crippen LogP contribution in [0.1, 0.15) is 68.8 Å². The fraction of sp³-hybridized carbons (Fsp3) is 0.474. The van der Waals surface area contributed by atoms with Crippen LogP contribution in [0, 0.1) is 0 Å². The largest absolute Gasteiger partial charge is 0.472 e. The molecule has 11 N–H and O–H groups in total. The zero-order valence-electron chi connectivity index (χ0n) is 32.8. The van der Waals surface area contributed by atoms with Crippen LogP contribution in [0.2, 0.25) is 0 Å². The zero-order valence-corrected chi connectivity index (χ0v) is 32.8. The third-order valence-electron chi connectivity index (χ3n) is 9.35. The van der Waals surface area contributed by atoms with Gasteiger partial charge in [0.25, 0.3) is 5.91 Å². The topological polar surface area (TPSA) is 299 Å². The van der Waals surface area contributed by atoms with Gasteiger partial charge in [-0.2, -0.15) is 0 Å². The van der Waals surface area contributed by atoms with Crippen molar-refractivity contribution >= 4 is 54.4 Å². The van der Waals surface area contributed by atoms with Crippen molar-refractivity contribution in [2.75, 3.05) is 26.1 Å². The van der Waals surface area contributed by atoms with Gasteiger partial charge in [0.05, 0.1) is 26.0 Å². The van der Waals surface area contributed by atoms with E-state index in [1.807, 2.05) is 12.1 Å². The number of nitrogens with zero attached hydrogens (tertiary/aromatic N) is 1. The SMILES string of the molecule is CCCCc1ccc(-c2ccc(C(=O)N[C@H](CO)C(=O)N[C@H](C)C(=O)NCC(=O)N3CCC[C@H]3C(=O)N[C@@H](C)C(=O)N[C@@H](CC(N)=O)C(=O)NCB(O)O)cc2)cc1. The van der Waals surface area contributed by atoms with E-state index in [0.29, 0.717) is 6.42 Å². The molecule has 1 aliphatic heterocycles. The molecule has 2 aromatic carbocycles. The molecule has 0 spiro atoms. The molecule has 1 heterocycles. The van der Waals surface area contributed by atoms with Crippen molar-refractivity contribution in [3.05, 3.63) is 59.7 Å². The molecule has 0 aliphatic carbocycles. The van der Waals surface area contributed by atoms with E-state index in [2.05, 4.69) is 51.0 Å². The fourth-order valence-electron chi connectivity index (χ4n) is 6.03. The number of hydrogen-bond acceptors (Lipinski definition) is 11. The highest BCUT2D eigenvalue weighted by Crippen LogP contribution is 2.21. The van der Waals surface area contributed by atoms with Gasteiger partial charge in [-0.1, -0.05) is 49.7 Å². The molecule has 0 radical (unpaired) electrons. The van der Waals surface area contributed by atoms with Gasteiger partial charge in [-0.3, -0.25) is 38.4 Å². The minimum atomic E-state index is -1.88. The van der Waals surface area contributed by atoms with Crippen LogP contribution in [0.15, 0.2) is 48.5 Å². The van der Waals surface area contributed by atoms with Gasteiger partial charge >= 0.3 is 7.12 Å². The fourth-order valence-corrected chi connectivity index (χ4v) is 6.03. The third kappa shape index (κ3) is 14.3. The lowest BCUT2D eigenvalue weighted by atomic mass is 9.92. The van der Waals surface area contributed by atoms with Crippen molar-refractivity contribution in [3.63, 3.8) is 0 Å². The second kappa shape index (κ2) is 22.8. The summed E-state index contributed by atoms with van der Waals surface area (Å²) in [6, 6.07) is 8.65. The van der Waals surface area contributed by atoms with Gasteiger partial charge in [0.1, 0.15) is 30.2 Å². The number of carbonyl (C=O) groups excluding carboxylic acids is 8. The van der Waals surface area contributed by atoms with Gasteiger partial charge in [-0.25, -0.2) is 0 Å². The number of hydrogen-bond donors (Lipinski definition) is 10. The van der Waals surface area contributed by atoms with Crippen LogP contribution >= 0.6 is 0 Å². The predicted octanol–water partition coefficient (Wildman–Crippen LogP) is -2.61. The Hall–Kier alpha value is -5.86. The second-order valence-electron chi connectivity index (χ2n) is 14.0. The molecule has 3 rings (SSSR count). The van der Waals surface area contributed by atoms with E-state index in [1.165, 1.54) is 24.3 Å². The Morgan fingerprint density at radius 2 is 1.41 bits per heavy atom. The average molecular weight is 809 g/mol. The number of primary amides is 1. The molecule has 58 heavy (non-hydrogen) atoms. The molecule has 19 nitrogen and oxygen atoms in total. The molecule has 0 unspecified atom stereocenters. The Bertz CT molecular complexity index is 1780. The number of amides is 8. The maximum atomic E-state index is 13.1. The highest BCUT2D eigenvalue weighted by atomic mass is 16.4. The van der Waals surface area contributed by atoms with Crippen LogP contribution in [-0.2, 0) is 40.0 Å².